The van der Waals surface area contributed by atoms with E-state index < -0.39 is 0 Å². The molecule has 0 N–H and O–H groups in total. The molecule has 0 fully saturated rings. The Balaban J connectivity index is 0.855. The van der Waals surface area contributed by atoms with Crippen LogP contribution in [0.25, 0.3) is 93.9 Å². The van der Waals surface area contributed by atoms with E-state index in [2.05, 4.69) is 240 Å². The Kier molecular flexibility index (Phi) is 8.83. The summed E-state index contributed by atoms with van der Waals surface area (Å²) in [6.07, 6.45) is 0. The average molecular weight is 805 g/mol. The molecule has 0 aliphatic heterocycles. The zero-order valence-electron chi connectivity index (χ0n) is 34.4. The molecule has 0 amide bonds. The van der Waals surface area contributed by atoms with Crippen molar-refractivity contribution in [2.75, 3.05) is 4.90 Å². The van der Waals surface area contributed by atoms with Crippen molar-refractivity contribution in [3.05, 3.63) is 243 Å². The van der Waals surface area contributed by atoms with E-state index in [1.54, 1.807) is 0 Å². The predicted octanol–water partition coefficient (Wildman–Crippen LogP) is 16.8. The Morgan fingerprint density at radius 3 is 1.46 bits per heavy atom. The third-order valence-corrected chi connectivity index (χ3v) is 12.4. The van der Waals surface area contributed by atoms with Gasteiger partial charge in [-0.2, -0.15) is 0 Å². The number of nitrogens with zero attached hydrogens (tertiary/aromatic N) is 2. The molecule has 0 bridgehead atoms. The Bertz CT molecular complexity index is 3570. The topological polar surface area (TPSA) is 21.3 Å². The minimum atomic E-state index is 0.912. The lowest BCUT2D eigenvalue weighted by Crippen LogP contribution is -2.09. The summed E-state index contributed by atoms with van der Waals surface area (Å²) in [7, 11) is 0. The highest BCUT2D eigenvalue weighted by molar-refractivity contribution is 6.11. The van der Waals surface area contributed by atoms with Crippen molar-refractivity contribution in [3.63, 3.8) is 0 Å². The summed E-state index contributed by atoms with van der Waals surface area (Å²) in [4.78, 5) is 2.32. The van der Waals surface area contributed by atoms with E-state index in [0.717, 1.165) is 55.8 Å². The molecule has 10 aromatic carbocycles. The molecule has 0 radical (unpaired) electrons. The number of benzene rings is 10. The molecule has 0 saturated heterocycles. The lowest BCUT2D eigenvalue weighted by molar-refractivity contribution is 0.670. The number of fused-ring (bicyclic) bond motifs is 6. The highest BCUT2D eigenvalue weighted by atomic mass is 16.3. The van der Waals surface area contributed by atoms with Gasteiger partial charge in [0.15, 0.2) is 0 Å². The SMILES string of the molecule is c1ccc(-c2ccc(-c3ccc(N(c4ccccc4)c4ccc(-c5ccc6c(c5)c5ccccc5n6-c5ccc(-c6cccc7c6oc6ccccc67)cc5)cc4)cc3)cc2)cc1. The summed E-state index contributed by atoms with van der Waals surface area (Å²) < 4.78 is 8.77. The number of para-hydroxylation sites is 4. The van der Waals surface area contributed by atoms with Gasteiger partial charge >= 0.3 is 0 Å². The minimum absolute atomic E-state index is 0.912. The van der Waals surface area contributed by atoms with Crippen LogP contribution < -0.4 is 4.90 Å². The third kappa shape index (κ3) is 6.46. The fraction of sp³-hybridized carbons (Fsp3) is 0. The highest BCUT2D eigenvalue weighted by Gasteiger charge is 2.17. The third-order valence-electron chi connectivity index (χ3n) is 12.4. The molecule has 0 unspecified atom stereocenters. The van der Waals surface area contributed by atoms with Gasteiger partial charge in [-0.15, -0.1) is 0 Å². The first-order valence-corrected chi connectivity index (χ1v) is 21.5. The molecule has 12 rings (SSSR count). The number of anilines is 3. The molecule has 2 heterocycles. The summed E-state index contributed by atoms with van der Waals surface area (Å²) in [5.41, 5.74) is 18.0. The molecule has 0 atom stereocenters. The van der Waals surface area contributed by atoms with Gasteiger partial charge in [0.05, 0.1) is 11.0 Å². The van der Waals surface area contributed by atoms with Gasteiger partial charge in [-0.05, 0) is 112 Å². The van der Waals surface area contributed by atoms with E-state index in [-0.39, 0.29) is 0 Å². The second kappa shape index (κ2) is 15.3. The number of hydrogen-bond acceptors (Lipinski definition) is 2. The van der Waals surface area contributed by atoms with Gasteiger partial charge in [0.25, 0.3) is 0 Å². The predicted molar refractivity (Wildman–Crippen MR) is 264 cm³/mol. The van der Waals surface area contributed by atoms with E-state index in [4.69, 9.17) is 4.42 Å². The molecule has 3 heteroatoms. The van der Waals surface area contributed by atoms with Crippen LogP contribution in [-0.2, 0) is 0 Å². The van der Waals surface area contributed by atoms with Gasteiger partial charge < -0.3 is 13.9 Å². The van der Waals surface area contributed by atoms with E-state index in [1.165, 1.54) is 55.2 Å². The van der Waals surface area contributed by atoms with Gasteiger partial charge in [-0.3, -0.25) is 0 Å². The number of rotatable bonds is 8. The molecule has 0 aliphatic carbocycles. The lowest BCUT2D eigenvalue weighted by Gasteiger charge is -2.26. The van der Waals surface area contributed by atoms with Crippen LogP contribution in [0.4, 0.5) is 17.1 Å². The Morgan fingerprint density at radius 1 is 0.302 bits per heavy atom. The first-order valence-electron chi connectivity index (χ1n) is 21.5. The van der Waals surface area contributed by atoms with Crippen LogP contribution in [0.1, 0.15) is 0 Å². The molecule has 63 heavy (non-hydrogen) atoms. The van der Waals surface area contributed by atoms with E-state index >= 15 is 0 Å². The molecule has 2 aromatic heterocycles. The van der Waals surface area contributed by atoms with Crippen molar-refractivity contribution >= 4 is 60.8 Å². The van der Waals surface area contributed by atoms with Crippen molar-refractivity contribution in [3.8, 4) is 50.2 Å². The zero-order chi connectivity index (χ0) is 41.7. The van der Waals surface area contributed by atoms with Crippen LogP contribution in [0.3, 0.4) is 0 Å². The van der Waals surface area contributed by atoms with Gasteiger partial charge in [-0.1, -0.05) is 170 Å². The molecule has 12 aromatic rings. The van der Waals surface area contributed by atoms with E-state index in [1.807, 2.05) is 12.1 Å². The van der Waals surface area contributed by atoms with Crippen molar-refractivity contribution in [2.24, 2.45) is 0 Å². The number of hydrogen-bond donors (Lipinski definition) is 0. The molecular formula is C60H40N2O. The quantitative estimate of drug-likeness (QED) is 0.153. The average Bonchev–Trinajstić information content (AvgIpc) is 3.91. The fourth-order valence-electron chi connectivity index (χ4n) is 9.31. The van der Waals surface area contributed by atoms with Gasteiger partial charge in [0.1, 0.15) is 11.2 Å². The second-order valence-electron chi connectivity index (χ2n) is 16.1. The molecule has 296 valence electrons. The van der Waals surface area contributed by atoms with Crippen molar-refractivity contribution in [1.82, 2.24) is 4.57 Å². The number of aromatic nitrogens is 1. The smallest absolute Gasteiger partial charge is 0.143 e. The van der Waals surface area contributed by atoms with Crippen LogP contribution >= 0.6 is 0 Å². The Labute approximate surface area is 366 Å². The molecule has 0 aliphatic rings. The molecule has 0 spiro atoms. The normalized spacial score (nSPS) is 11.5. The molecule has 3 nitrogen and oxygen atoms in total. The van der Waals surface area contributed by atoms with Crippen LogP contribution in [0.15, 0.2) is 247 Å². The monoisotopic (exact) mass is 804 g/mol. The van der Waals surface area contributed by atoms with Gasteiger partial charge in [0, 0.05) is 49.9 Å². The zero-order valence-corrected chi connectivity index (χ0v) is 34.4. The maximum absolute atomic E-state index is 6.39. The lowest BCUT2D eigenvalue weighted by atomic mass is 10.00. The Morgan fingerprint density at radius 2 is 0.778 bits per heavy atom. The van der Waals surface area contributed by atoms with Crippen molar-refractivity contribution in [2.45, 2.75) is 0 Å². The van der Waals surface area contributed by atoms with Crippen LogP contribution in [0, 0.1) is 0 Å². The molecular weight excluding hydrogens is 765 g/mol. The van der Waals surface area contributed by atoms with E-state index in [9.17, 15) is 0 Å². The van der Waals surface area contributed by atoms with Crippen molar-refractivity contribution < 1.29 is 4.42 Å². The molecule has 0 saturated carbocycles. The summed E-state index contributed by atoms with van der Waals surface area (Å²) in [5, 5.41) is 4.74. The summed E-state index contributed by atoms with van der Waals surface area (Å²) >= 11 is 0. The van der Waals surface area contributed by atoms with Gasteiger partial charge in [-0.25, -0.2) is 0 Å². The fourth-order valence-corrected chi connectivity index (χ4v) is 9.31. The van der Waals surface area contributed by atoms with Crippen LogP contribution in [0.5, 0.6) is 0 Å². The minimum Gasteiger partial charge on any atom is -0.455 e. The van der Waals surface area contributed by atoms with Gasteiger partial charge in [0.2, 0.25) is 0 Å². The standard InChI is InChI=1S/C60H40N2O/c1-3-12-41(13-4-1)42-22-24-43(25-23-42)44-26-33-49(34-27-44)61(48-14-5-2-6-15-48)50-35-28-45(29-36-50)47-32-39-58-56(40-47)53-16-7-9-20-57(53)62(58)51-37-30-46(31-38-51)52-18-11-19-55-54-17-8-10-21-59(54)63-60(52)55/h1-40H. The maximum Gasteiger partial charge on any atom is 0.143 e. The van der Waals surface area contributed by atoms with Crippen LogP contribution in [0.2, 0.25) is 0 Å². The highest BCUT2D eigenvalue weighted by Crippen LogP contribution is 2.40. The first-order chi connectivity index (χ1) is 31.2. The van der Waals surface area contributed by atoms with E-state index in [0.29, 0.717) is 0 Å². The summed E-state index contributed by atoms with van der Waals surface area (Å²) in [5.74, 6) is 0. The summed E-state index contributed by atoms with van der Waals surface area (Å²) in [6.45, 7) is 0. The Hall–Kier alpha value is -8.40. The summed E-state index contributed by atoms with van der Waals surface area (Å²) in [6, 6.07) is 87.0. The first kappa shape index (κ1) is 36.5. The largest absolute Gasteiger partial charge is 0.455 e. The maximum atomic E-state index is 6.39. The number of furan rings is 1. The van der Waals surface area contributed by atoms with Crippen molar-refractivity contribution in [1.29, 1.82) is 0 Å². The van der Waals surface area contributed by atoms with Crippen LogP contribution in [-0.4, -0.2) is 4.57 Å². The second-order valence-corrected chi connectivity index (χ2v) is 16.1.